The normalized spacial score (nSPS) is 17.5. The fourth-order valence-corrected chi connectivity index (χ4v) is 2.85. The summed E-state index contributed by atoms with van der Waals surface area (Å²) < 4.78 is 37.7. The van der Waals surface area contributed by atoms with Crippen LogP contribution in [0.4, 0.5) is 18.9 Å². The Morgan fingerprint density at radius 3 is 2.27 bits per heavy atom. The van der Waals surface area contributed by atoms with Gasteiger partial charge in [0.15, 0.2) is 0 Å². The highest BCUT2D eigenvalue weighted by atomic mass is 19.4. The highest BCUT2D eigenvalue weighted by molar-refractivity contribution is 6.03. The minimum Gasteiger partial charge on any atom is -0.340 e. The van der Waals surface area contributed by atoms with Crippen LogP contribution in [0.3, 0.4) is 0 Å². The molecule has 0 bridgehead atoms. The molecular weight excluding hydrogens is 345 g/mol. The van der Waals surface area contributed by atoms with Crippen molar-refractivity contribution in [2.45, 2.75) is 25.6 Å². The molecule has 1 N–H and O–H groups in total. The van der Waals surface area contributed by atoms with E-state index < -0.39 is 23.7 Å². The van der Waals surface area contributed by atoms with E-state index in [-0.39, 0.29) is 11.5 Å². The lowest BCUT2D eigenvalue weighted by molar-refractivity contribution is -0.137. The Kier molecular flexibility index (Phi) is 4.71. The summed E-state index contributed by atoms with van der Waals surface area (Å²) >= 11 is 0. The molecule has 0 radical (unpaired) electrons. The maximum atomic E-state index is 12.6. The Labute approximate surface area is 148 Å². The third-order valence-corrected chi connectivity index (χ3v) is 4.33. The van der Waals surface area contributed by atoms with E-state index in [4.69, 9.17) is 0 Å². The molecule has 1 fully saturated rings. The quantitative estimate of drug-likeness (QED) is 0.908. The second-order valence-corrected chi connectivity index (χ2v) is 6.22. The predicted octanol–water partition coefficient (Wildman–Crippen LogP) is 3.55. The number of halogens is 3. The topological polar surface area (TPSA) is 49.4 Å². The SMILES string of the molecule is Cc1ccc(N2CC[C@H](NC(=O)c3ccc(C(F)(F)F)cc3)C2=O)cc1. The van der Waals surface area contributed by atoms with Crippen molar-refractivity contribution in [1.82, 2.24) is 5.32 Å². The van der Waals surface area contributed by atoms with Gasteiger partial charge in [-0.2, -0.15) is 13.2 Å². The molecule has 0 spiro atoms. The van der Waals surface area contributed by atoms with E-state index in [0.29, 0.717) is 13.0 Å². The van der Waals surface area contributed by atoms with Crippen LogP contribution in [0.15, 0.2) is 48.5 Å². The number of rotatable bonds is 3. The van der Waals surface area contributed by atoms with Gasteiger partial charge in [-0.1, -0.05) is 17.7 Å². The predicted molar refractivity (Wildman–Crippen MR) is 90.8 cm³/mol. The molecule has 1 aliphatic heterocycles. The monoisotopic (exact) mass is 362 g/mol. The maximum Gasteiger partial charge on any atom is 0.416 e. The van der Waals surface area contributed by atoms with Crippen molar-refractivity contribution >= 4 is 17.5 Å². The summed E-state index contributed by atoms with van der Waals surface area (Å²) in [5, 5.41) is 2.60. The van der Waals surface area contributed by atoms with E-state index in [9.17, 15) is 22.8 Å². The average molecular weight is 362 g/mol. The van der Waals surface area contributed by atoms with Crippen LogP contribution in [0.2, 0.25) is 0 Å². The summed E-state index contributed by atoms with van der Waals surface area (Å²) in [5.41, 5.74) is 1.09. The zero-order valence-corrected chi connectivity index (χ0v) is 14.0. The lowest BCUT2D eigenvalue weighted by Crippen LogP contribution is -2.41. The highest BCUT2D eigenvalue weighted by Crippen LogP contribution is 2.29. The van der Waals surface area contributed by atoms with Crippen LogP contribution in [-0.4, -0.2) is 24.4 Å². The molecule has 1 saturated heterocycles. The molecule has 1 aliphatic rings. The van der Waals surface area contributed by atoms with Crippen LogP contribution in [0.1, 0.15) is 27.9 Å². The molecule has 7 heteroatoms. The molecule has 2 amide bonds. The molecule has 0 unspecified atom stereocenters. The first kappa shape index (κ1) is 18.0. The molecule has 0 saturated carbocycles. The molecule has 0 aromatic heterocycles. The summed E-state index contributed by atoms with van der Waals surface area (Å²) in [6, 6.07) is 10.7. The van der Waals surface area contributed by atoms with Gasteiger partial charge in [-0.15, -0.1) is 0 Å². The lowest BCUT2D eigenvalue weighted by Gasteiger charge is -2.17. The molecule has 2 aromatic carbocycles. The van der Waals surface area contributed by atoms with Crippen LogP contribution in [0.5, 0.6) is 0 Å². The van der Waals surface area contributed by atoms with Crippen LogP contribution < -0.4 is 10.2 Å². The van der Waals surface area contributed by atoms with Crippen molar-refractivity contribution in [3.63, 3.8) is 0 Å². The van der Waals surface area contributed by atoms with Gasteiger partial charge in [0.2, 0.25) is 5.91 Å². The van der Waals surface area contributed by atoms with Gasteiger partial charge >= 0.3 is 6.18 Å². The van der Waals surface area contributed by atoms with E-state index in [0.717, 1.165) is 35.5 Å². The van der Waals surface area contributed by atoms with Crippen molar-refractivity contribution in [1.29, 1.82) is 0 Å². The molecule has 136 valence electrons. The van der Waals surface area contributed by atoms with Gasteiger partial charge in [-0.3, -0.25) is 9.59 Å². The second kappa shape index (κ2) is 6.82. The smallest absolute Gasteiger partial charge is 0.340 e. The number of amides is 2. The Balaban J connectivity index is 1.66. The highest BCUT2D eigenvalue weighted by Gasteiger charge is 2.34. The number of alkyl halides is 3. The summed E-state index contributed by atoms with van der Waals surface area (Å²) in [4.78, 5) is 26.3. The number of hydrogen-bond acceptors (Lipinski definition) is 2. The Morgan fingerprint density at radius 2 is 1.69 bits per heavy atom. The molecule has 0 aliphatic carbocycles. The minimum absolute atomic E-state index is 0.0829. The third-order valence-electron chi connectivity index (χ3n) is 4.33. The average Bonchev–Trinajstić information content (AvgIpc) is 2.96. The van der Waals surface area contributed by atoms with Gasteiger partial charge in [0.25, 0.3) is 5.91 Å². The summed E-state index contributed by atoms with van der Waals surface area (Å²) in [7, 11) is 0. The number of carbonyl (C=O) groups is 2. The first-order valence-electron chi connectivity index (χ1n) is 8.12. The van der Waals surface area contributed by atoms with Gasteiger partial charge in [-0.05, 0) is 49.7 Å². The number of nitrogens with one attached hydrogen (secondary N) is 1. The largest absolute Gasteiger partial charge is 0.416 e. The molecule has 26 heavy (non-hydrogen) atoms. The minimum atomic E-state index is -4.45. The number of hydrogen-bond donors (Lipinski definition) is 1. The van der Waals surface area contributed by atoms with Crippen LogP contribution in [-0.2, 0) is 11.0 Å². The molecule has 1 heterocycles. The van der Waals surface area contributed by atoms with Crippen molar-refractivity contribution in [2.24, 2.45) is 0 Å². The molecule has 4 nitrogen and oxygen atoms in total. The first-order valence-corrected chi connectivity index (χ1v) is 8.12. The van der Waals surface area contributed by atoms with Gasteiger partial charge in [0.1, 0.15) is 6.04 Å². The Hall–Kier alpha value is -2.83. The van der Waals surface area contributed by atoms with Crippen LogP contribution in [0, 0.1) is 6.92 Å². The number of aryl methyl sites for hydroxylation is 1. The number of anilines is 1. The van der Waals surface area contributed by atoms with E-state index >= 15 is 0 Å². The molecule has 1 atom stereocenters. The fourth-order valence-electron chi connectivity index (χ4n) is 2.85. The van der Waals surface area contributed by atoms with Gasteiger partial charge < -0.3 is 10.2 Å². The number of carbonyl (C=O) groups excluding carboxylic acids is 2. The van der Waals surface area contributed by atoms with Crippen LogP contribution in [0.25, 0.3) is 0 Å². The lowest BCUT2D eigenvalue weighted by atomic mass is 10.1. The first-order chi connectivity index (χ1) is 12.3. The summed E-state index contributed by atoms with van der Waals surface area (Å²) in [6.45, 7) is 2.42. The van der Waals surface area contributed by atoms with E-state index in [2.05, 4.69) is 5.32 Å². The second-order valence-electron chi connectivity index (χ2n) is 6.22. The Morgan fingerprint density at radius 1 is 1.08 bits per heavy atom. The van der Waals surface area contributed by atoms with E-state index in [1.807, 2.05) is 31.2 Å². The van der Waals surface area contributed by atoms with E-state index in [1.54, 1.807) is 4.90 Å². The fraction of sp³-hybridized carbons (Fsp3) is 0.263. The van der Waals surface area contributed by atoms with Crippen LogP contribution >= 0.6 is 0 Å². The number of benzene rings is 2. The zero-order chi connectivity index (χ0) is 18.9. The van der Waals surface area contributed by atoms with Crippen molar-refractivity contribution in [3.8, 4) is 0 Å². The molecule has 2 aromatic rings. The van der Waals surface area contributed by atoms with Gasteiger partial charge in [0.05, 0.1) is 5.56 Å². The van der Waals surface area contributed by atoms with Crippen molar-refractivity contribution in [3.05, 3.63) is 65.2 Å². The number of nitrogens with zero attached hydrogens (tertiary/aromatic N) is 1. The van der Waals surface area contributed by atoms with Gasteiger partial charge in [-0.25, -0.2) is 0 Å². The molecular formula is C19H17F3N2O2. The van der Waals surface area contributed by atoms with Crippen molar-refractivity contribution in [2.75, 3.05) is 11.4 Å². The van der Waals surface area contributed by atoms with Crippen molar-refractivity contribution < 1.29 is 22.8 Å². The zero-order valence-electron chi connectivity index (χ0n) is 14.0. The Bertz CT molecular complexity index is 814. The maximum absolute atomic E-state index is 12.6. The summed E-state index contributed by atoms with van der Waals surface area (Å²) in [6.07, 6.45) is -4.01. The third kappa shape index (κ3) is 3.71. The standard InChI is InChI=1S/C19H17F3N2O2/c1-12-2-8-15(9-3-12)24-11-10-16(18(24)26)23-17(25)13-4-6-14(7-5-13)19(20,21)22/h2-9,16H,10-11H2,1H3,(H,23,25)/t16-/m0/s1. The summed E-state index contributed by atoms with van der Waals surface area (Å²) in [5.74, 6) is -0.794. The van der Waals surface area contributed by atoms with E-state index in [1.165, 1.54) is 0 Å². The molecule has 3 rings (SSSR count). The van der Waals surface area contributed by atoms with Gasteiger partial charge in [0, 0.05) is 17.8 Å².